The van der Waals surface area contributed by atoms with Gasteiger partial charge in [0.1, 0.15) is 18.2 Å². The van der Waals surface area contributed by atoms with E-state index in [-0.39, 0.29) is 30.3 Å². The molecule has 0 aromatic carbocycles. The quantitative estimate of drug-likeness (QED) is 0.361. The molecule has 4 aliphatic rings. The first-order valence-electron chi connectivity index (χ1n) is 9.40. The fraction of sp³-hybridized carbons (Fsp3) is 0.842. The van der Waals surface area contributed by atoms with E-state index in [0.29, 0.717) is 23.7 Å². The lowest BCUT2D eigenvalue weighted by Gasteiger charge is -2.39. The van der Waals surface area contributed by atoms with Crippen molar-refractivity contribution in [3.05, 3.63) is 17.4 Å². The number of hydrogen-bond donors (Lipinski definition) is 1. The molecule has 0 spiro atoms. The molecule has 0 saturated heterocycles. The van der Waals surface area contributed by atoms with Crippen LogP contribution in [0.15, 0.2) is 12.2 Å². The van der Waals surface area contributed by atoms with Crippen LogP contribution >= 0.6 is 0 Å². The third-order valence-electron chi connectivity index (χ3n) is 6.54. The molecule has 5 heteroatoms. The van der Waals surface area contributed by atoms with Crippen LogP contribution in [-0.2, 0) is 14.4 Å². The van der Waals surface area contributed by atoms with Gasteiger partial charge in [0.25, 0.3) is 0 Å². The number of esters is 1. The largest absolute Gasteiger partial charge is 0.600 e. The molecule has 0 heterocycles. The summed E-state index contributed by atoms with van der Waals surface area (Å²) in [5.74, 6) is 3.93. The summed E-state index contributed by atoms with van der Waals surface area (Å²) in [5.41, 5.74) is -0.490. The molecule has 0 aromatic rings. The number of carbonyl (C=O) groups is 1. The number of nitrogens with one attached hydrogen (secondary N) is 1. The second kappa shape index (κ2) is 5.82. The Morgan fingerprint density at radius 2 is 1.88 bits per heavy atom. The Morgan fingerprint density at radius 1 is 1.17 bits per heavy atom. The average molecular weight is 335 g/mol. The first-order chi connectivity index (χ1) is 11.3. The van der Waals surface area contributed by atoms with Gasteiger partial charge < -0.3 is 9.94 Å². The molecule has 4 rings (SSSR count). The number of allylic oxidation sites excluding steroid dienone is 2. The van der Waals surface area contributed by atoms with Gasteiger partial charge in [-0.25, -0.2) is 10.1 Å². The second-order valence-electron chi connectivity index (χ2n) is 9.11. The topological polar surface area (TPSA) is 63.0 Å². The molecule has 4 bridgehead atoms. The highest BCUT2D eigenvalue weighted by molar-refractivity contribution is 5.69. The highest BCUT2D eigenvalue weighted by Crippen LogP contribution is 2.64. The second-order valence-corrected chi connectivity index (χ2v) is 9.11. The molecular weight excluding hydrogens is 306 g/mol. The van der Waals surface area contributed by atoms with Gasteiger partial charge in [0.15, 0.2) is 0 Å². The Balaban J connectivity index is 1.27. The van der Waals surface area contributed by atoms with Gasteiger partial charge in [-0.05, 0) is 63.2 Å². The maximum absolute atomic E-state index is 12.5. The molecule has 8 atom stereocenters. The van der Waals surface area contributed by atoms with E-state index < -0.39 is 5.60 Å². The predicted octanol–water partition coefficient (Wildman–Crippen LogP) is 1.88. The maximum atomic E-state index is 12.5. The van der Waals surface area contributed by atoms with Crippen molar-refractivity contribution in [1.82, 2.24) is 0 Å². The van der Waals surface area contributed by atoms with Crippen LogP contribution in [0.2, 0.25) is 0 Å². The van der Waals surface area contributed by atoms with Crippen molar-refractivity contribution in [1.29, 1.82) is 0 Å². The summed E-state index contributed by atoms with van der Waals surface area (Å²) in [7, 11) is 0. The molecule has 3 saturated carbocycles. The Morgan fingerprint density at radius 3 is 2.58 bits per heavy atom. The van der Waals surface area contributed by atoms with Crippen LogP contribution in [0.4, 0.5) is 0 Å². The molecule has 4 aliphatic carbocycles. The van der Waals surface area contributed by atoms with Crippen LogP contribution in [0.1, 0.15) is 46.5 Å². The molecule has 134 valence electrons. The van der Waals surface area contributed by atoms with Crippen molar-refractivity contribution in [2.45, 2.75) is 58.1 Å². The monoisotopic (exact) mass is 335 g/mol. The Kier molecular flexibility index (Phi) is 4.01. The highest BCUT2D eigenvalue weighted by atomic mass is 16.9. The maximum Gasteiger partial charge on any atom is 0.308 e. The van der Waals surface area contributed by atoms with E-state index in [1.165, 1.54) is 12.8 Å². The van der Waals surface area contributed by atoms with E-state index in [1.54, 1.807) is 0 Å². The van der Waals surface area contributed by atoms with Gasteiger partial charge >= 0.3 is 5.97 Å². The lowest BCUT2D eigenvalue weighted by atomic mass is 9.72. The van der Waals surface area contributed by atoms with E-state index in [0.717, 1.165) is 18.3 Å². The van der Waals surface area contributed by atoms with Gasteiger partial charge in [-0.3, -0.25) is 4.79 Å². The van der Waals surface area contributed by atoms with Crippen LogP contribution in [-0.4, -0.2) is 24.2 Å². The number of carbonyl (C=O) groups excluding carboxylic acids is 1. The first kappa shape index (κ1) is 16.6. The van der Waals surface area contributed by atoms with Gasteiger partial charge in [-0.2, -0.15) is 0 Å². The summed E-state index contributed by atoms with van der Waals surface area (Å²) in [5, 5.41) is 12.4. The molecule has 0 aromatic heterocycles. The lowest BCUT2D eigenvalue weighted by molar-refractivity contribution is -1.07. The molecule has 0 radical (unpaired) electrons. The lowest BCUT2D eigenvalue weighted by Crippen LogP contribution is -3.11. The van der Waals surface area contributed by atoms with E-state index in [4.69, 9.17) is 9.57 Å². The minimum absolute atomic E-state index is 0.0580. The number of hydroxylamine groups is 2. The van der Waals surface area contributed by atoms with E-state index >= 15 is 0 Å². The number of hydrogen-bond acceptors (Lipinski definition) is 4. The number of fused-ring (bicyclic) bond motifs is 9. The molecular formula is C19H29NO4. The summed E-state index contributed by atoms with van der Waals surface area (Å²) in [6.07, 6.45) is 8.45. The molecule has 8 unspecified atom stereocenters. The Bertz CT molecular complexity index is 540. The van der Waals surface area contributed by atoms with Gasteiger partial charge in [0.2, 0.25) is 0 Å². The van der Waals surface area contributed by atoms with Gasteiger partial charge in [-0.1, -0.05) is 12.2 Å². The smallest absolute Gasteiger partial charge is 0.308 e. The minimum atomic E-state index is -0.490. The first-order valence-corrected chi connectivity index (χ1v) is 9.40. The summed E-state index contributed by atoms with van der Waals surface area (Å²) in [6, 6.07) is 0.0580. The standard InChI is InChI=1S/C19H29NO4/c1-19(2,3)24-16(21)6-7-23-20(22)15-10-13-9-14(15)18-12-5-4-11(8-12)17(13)18/h4-5,11-15,17-18,20H,6-10H2,1-3H3. The normalized spacial score (nSPS) is 43.2. The third-order valence-corrected chi connectivity index (χ3v) is 6.54. The molecule has 24 heavy (non-hydrogen) atoms. The van der Waals surface area contributed by atoms with Crippen molar-refractivity contribution >= 4 is 5.97 Å². The van der Waals surface area contributed by atoms with Gasteiger partial charge in [0.05, 0.1) is 6.42 Å². The van der Waals surface area contributed by atoms with Crippen molar-refractivity contribution < 1.29 is 19.6 Å². The minimum Gasteiger partial charge on any atom is -0.600 e. The van der Waals surface area contributed by atoms with Gasteiger partial charge in [0, 0.05) is 12.3 Å². The van der Waals surface area contributed by atoms with Crippen LogP contribution in [0, 0.1) is 40.7 Å². The third kappa shape index (κ3) is 2.80. The summed E-state index contributed by atoms with van der Waals surface area (Å²) < 4.78 is 5.25. The zero-order chi connectivity index (χ0) is 17.1. The van der Waals surface area contributed by atoms with E-state index in [2.05, 4.69) is 12.2 Å². The SMILES string of the molecule is CC(C)(C)OC(=O)CCO[NH+]([O-])C1CC2CC1C1C3C=CC(C3)C21. The number of ether oxygens (including phenoxy) is 1. The summed E-state index contributed by atoms with van der Waals surface area (Å²) >= 11 is 0. The summed E-state index contributed by atoms with van der Waals surface area (Å²) in [4.78, 5) is 17.1. The van der Waals surface area contributed by atoms with Crippen molar-refractivity contribution in [2.24, 2.45) is 35.5 Å². The van der Waals surface area contributed by atoms with Crippen LogP contribution < -0.4 is 5.23 Å². The molecule has 3 fully saturated rings. The Hall–Kier alpha value is -0.910. The van der Waals surface area contributed by atoms with Crippen molar-refractivity contribution in [2.75, 3.05) is 6.61 Å². The van der Waals surface area contributed by atoms with Crippen LogP contribution in [0.5, 0.6) is 0 Å². The summed E-state index contributed by atoms with van der Waals surface area (Å²) in [6.45, 7) is 5.66. The highest BCUT2D eigenvalue weighted by Gasteiger charge is 2.63. The zero-order valence-electron chi connectivity index (χ0n) is 14.9. The molecule has 5 nitrogen and oxygen atoms in total. The molecule has 0 aliphatic heterocycles. The fourth-order valence-electron chi connectivity index (χ4n) is 6.02. The van der Waals surface area contributed by atoms with Crippen LogP contribution in [0.3, 0.4) is 0 Å². The van der Waals surface area contributed by atoms with Crippen molar-refractivity contribution in [3.8, 4) is 0 Å². The number of quaternary nitrogens is 1. The zero-order valence-corrected chi connectivity index (χ0v) is 14.9. The fourth-order valence-corrected chi connectivity index (χ4v) is 6.02. The number of rotatable bonds is 5. The molecule has 0 amide bonds. The van der Waals surface area contributed by atoms with E-state index in [1.807, 2.05) is 20.8 Å². The van der Waals surface area contributed by atoms with Crippen LogP contribution in [0.25, 0.3) is 0 Å². The Labute approximate surface area is 143 Å². The molecule has 1 N–H and O–H groups in total. The predicted molar refractivity (Wildman–Crippen MR) is 88.5 cm³/mol. The van der Waals surface area contributed by atoms with Gasteiger partial charge in [-0.15, -0.1) is 0 Å². The van der Waals surface area contributed by atoms with E-state index in [9.17, 15) is 10.0 Å². The average Bonchev–Trinajstić information content (AvgIpc) is 3.23. The van der Waals surface area contributed by atoms with Crippen molar-refractivity contribution in [3.63, 3.8) is 0 Å².